The molecule has 0 saturated heterocycles. The lowest BCUT2D eigenvalue weighted by molar-refractivity contribution is -0.385. The van der Waals surface area contributed by atoms with Crippen molar-refractivity contribution in [1.29, 1.82) is 0 Å². The van der Waals surface area contributed by atoms with Crippen molar-refractivity contribution in [2.75, 3.05) is 0 Å². The summed E-state index contributed by atoms with van der Waals surface area (Å²) in [6.45, 7) is 2.16. The number of nitrogens with zero attached hydrogens (tertiary/aromatic N) is 5. The number of nitro groups is 1. The fourth-order valence-electron chi connectivity index (χ4n) is 1.96. The minimum atomic E-state index is -0.577. The van der Waals surface area contributed by atoms with E-state index in [1.54, 1.807) is 24.0 Å². The summed E-state index contributed by atoms with van der Waals surface area (Å²) in [7, 11) is 1.79. The van der Waals surface area contributed by atoms with Crippen LogP contribution >= 0.6 is 0 Å². The van der Waals surface area contributed by atoms with Gasteiger partial charge in [0.2, 0.25) is 5.91 Å². The zero-order valence-corrected chi connectivity index (χ0v) is 11.8. The molecule has 1 atom stereocenters. The molecule has 9 nitrogen and oxygen atoms in total. The van der Waals surface area contributed by atoms with Crippen molar-refractivity contribution in [1.82, 2.24) is 24.9 Å². The minimum Gasteiger partial charge on any atom is -0.349 e. The average molecular weight is 292 g/mol. The molecule has 2 heterocycles. The third-order valence-electron chi connectivity index (χ3n) is 3.17. The summed E-state index contributed by atoms with van der Waals surface area (Å²) in [4.78, 5) is 22.3. The van der Waals surface area contributed by atoms with Gasteiger partial charge in [-0.3, -0.25) is 24.3 Å². The van der Waals surface area contributed by atoms with E-state index in [-0.39, 0.29) is 11.6 Å². The summed E-state index contributed by atoms with van der Waals surface area (Å²) in [6, 6.07) is 1.23. The van der Waals surface area contributed by atoms with Gasteiger partial charge in [0.05, 0.1) is 17.2 Å². The van der Waals surface area contributed by atoms with E-state index in [1.807, 2.05) is 6.92 Å². The molecule has 0 aliphatic carbocycles. The molecule has 21 heavy (non-hydrogen) atoms. The van der Waals surface area contributed by atoms with Crippen LogP contribution in [0, 0.1) is 10.1 Å². The third-order valence-corrected chi connectivity index (χ3v) is 3.17. The molecule has 1 amide bonds. The number of carbonyl (C=O) groups is 1. The molecule has 0 aliphatic rings. The monoisotopic (exact) mass is 292 g/mol. The van der Waals surface area contributed by atoms with E-state index in [4.69, 9.17) is 0 Å². The molecule has 9 heteroatoms. The van der Waals surface area contributed by atoms with Gasteiger partial charge in [0.15, 0.2) is 0 Å². The van der Waals surface area contributed by atoms with Crippen LogP contribution < -0.4 is 5.32 Å². The Hall–Kier alpha value is -2.71. The SMILES string of the molecule is CCC(C(=O)NCc1ccnn1C)n1cc([N+](=O)[O-])cn1. The summed E-state index contributed by atoms with van der Waals surface area (Å²) in [6.07, 6.45) is 4.53. The Kier molecular flexibility index (Phi) is 4.31. The van der Waals surface area contributed by atoms with Crippen molar-refractivity contribution in [2.45, 2.75) is 25.9 Å². The molecule has 1 N–H and O–H groups in total. The first-order chi connectivity index (χ1) is 10.0. The van der Waals surface area contributed by atoms with Crippen molar-refractivity contribution < 1.29 is 9.72 Å². The average Bonchev–Trinajstić information content (AvgIpc) is 3.07. The highest BCUT2D eigenvalue weighted by atomic mass is 16.6. The van der Waals surface area contributed by atoms with Crippen molar-refractivity contribution >= 4 is 11.6 Å². The van der Waals surface area contributed by atoms with Crippen LogP contribution in [0.3, 0.4) is 0 Å². The van der Waals surface area contributed by atoms with Gasteiger partial charge in [-0.25, -0.2) is 0 Å². The Morgan fingerprint density at radius 1 is 1.52 bits per heavy atom. The molecule has 0 aromatic carbocycles. The lowest BCUT2D eigenvalue weighted by Crippen LogP contribution is -2.32. The van der Waals surface area contributed by atoms with Gasteiger partial charge in [-0.15, -0.1) is 0 Å². The summed E-state index contributed by atoms with van der Waals surface area (Å²) < 4.78 is 2.98. The van der Waals surface area contributed by atoms with Crippen LogP contribution in [-0.4, -0.2) is 30.4 Å². The zero-order chi connectivity index (χ0) is 15.4. The van der Waals surface area contributed by atoms with Gasteiger partial charge in [0.1, 0.15) is 18.4 Å². The van der Waals surface area contributed by atoms with Crippen LogP contribution in [0.1, 0.15) is 25.1 Å². The molecule has 1 unspecified atom stereocenters. The first-order valence-corrected chi connectivity index (χ1v) is 6.46. The molecular weight excluding hydrogens is 276 g/mol. The van der Waals surface area contributed by atoms with Crippen molar-refractivity contribution in [3.8, 4) is 0 Å². The minimum absolute atomic E-state index is 0.132. The van der Waals surface area contributed by atoms with E-state index in [2.05, 4.69) is 15.5 Å². The third kappa shape index (κ3) is 3.25. The van der Waals surface area contributed by atoms with Gasteiger partial charge in [-0.2, -0.15) is 10.2 Å². The Balaban J connectivity index is 2.04. The highest BCUT2D eigenvalue weighted by molar-refractivity contribution is 5.80. The number of nitrogens with one attached hydrogen (secondary N) is 1. The fourth-order valence-corrected chi connectivity index (χ4v) is 1.96. The second kappa shape index (κ2) is 6.16. The van der Waals surface area contributed by atoms with Crippen molar-refractivity contribution in [3.63, 3.8) is 0 Å². The normalized spacial score (nSPS) is 12.1. The highest BCUT2D eigenvalue weighted by Crippen LogP contribution is 2.16. The van der Waals surface area contributed by atoms with E-state index in [9.17, 15) is 14.9 Å². The van der Waals surface area contributed by atoms with Crippen LogP contribution in [0.15, 0.2) is 24.7 Å². The molecule has 0 aliphatic heterocycles. The quantitative estimate of drug-likeness (QED) is 0.625. The molecular formula is C12H16N6O3. The number of hydrogen-bond acceptors (Lipinski definition) is 5. The summed E-state index contributed by atoms with van der Waals surface area (Å²) >= 11 is 0. The predicted molar refractivity (Wildman–Crippen MR) is 73.3 cm³/mol. The van der Waals surface area contributed by atoms with Crippen LogP contribution in [0.5, 0.6) is 0 Å². The molecule has 0 radical (unpaired) electrons. The van der Waals surface area contributed by atoms with Crippen LogP contribution in [0.2, 0.25) is 0 Å². The standard InChI is InChI=1S/C12H16N6O3/c1-3-11(17-8-10(7-15-17)18(20)21)12(19)13-6-9-4-5-14-16(9)2/h4-5,7-8,11H,3,6H2,1-2H3,(H,13,19). The Labute approximate surface area is 120 Å². The lowest BCUT2D eigenvalue weighted by atomic mass is 10.2. The van der Waals surface area contributed by atoms with Gasteiger partial charge < -0.3 is 5.32 Å². The highest BCUT2D eigenvalue weighted by Gasteiger charge is 2.21. The largest absolute Gasteiger partial charge is 0.349 e. The van der Waals surface area contributed by atoms with Gasteiger partial charge in [0, 0.05) is 13.2 Å². The number of amides is 1. The molecule has 0 saturated carbocycles. The summed E-state index contributed by atoms with van der Waals surface area (Å²) in [5.74, 6) is -0.239. The Morgan fingerprint density at radius 3 is 2.81 bits per heavy atom. The number of aromatic nitrogens is 4. The van der Waals surface area contributed by atoms with Crippen LogP contribution in [0.4, 0.5) is 5.69 Å². The van der Waals surface area contributed by atoms with E-state index < -0.39 is 11.0 Å². The molecule has 0 bridgehead atoms. The number of aryl methyl sites for hydroxylation is 1. The number of rotatable bonds is 6. The summed E-state index contributed by atoms with van der Waals surface area (Å²) in [5.41, 5.74) is 0.734. The van der Waals surface area contributed by atoms with Gasteiger partial charge in [-0.1, -0.05) is 6.92 Å². The van der Waals surface area contributed by atoms with E-state index >= 15 is 0 Å². The zero-order valence-electron chi connectivity index (χ0n) is 11.8. The van der Waals surface area contributed by atoms with Crippen molar-refractivity contribution in [2.24, 2.45) is 7.05 Å². The smallest absolute Gasteiger partial charge is 0.307 e. The fraction of sp³-hybridized carbons (Fsp3) is 0.417. The summed E-state index contributed by atoms with van der Waals surface area (Å²) in [5, 5.41) is 21.3. The topological polar surface area (TPSA) is 108 Å². The number of carbonyl (C=O) groups excluding carboxylic acids is 1. The van der Waals surface area contributed by atoms with E-state index in [0.717, 1.165) is 11.9 Å². The molecule has 0 fully saturated rings. The lowest BCUT2D eigenvalue weighted by Gasteiger charge is -2.15. The van der Waals surface area contributed by atoms with Gasteiger partial charge in [-0.05, 0) is 12.5 Å². The predicted octanol–water partition coefficient (Wildman–Crippen LogP) is 0.792. The molecule has 2 aromatic rings. The maximum atomic E-state index is 12.2. The van der Waals surface area contributed by atoms with E-state index in [1.165, 1.54) is 10.9 Å². The molecule has 112 valence electrons. The first-order valence-electron chi connectivity index (χ1n) is 6.46. The maximum Gasteiger partial charge on any atom is 0.307 e. The second-order valence-corrected chi connectivity index (χ2v) is 4.52. The van der Waals surface area contributed by atoms with Crippen molar-refractivity contribution in [3.05, 3.63) is 40.5 Å². The second-order valence-electron chi connectivity index (χ2n) is 4.52. The van der Waals surface area contributed by atoms with Crippen LogP contribution in [0.25, 0.3) is 0 Å². The van der Waals surface area contributed by atoms with Gasteiger partial charge >= 0.3 is 5.69 Å². The maximum absolute atomic E-state index is 12.2. The first kappa shape index (κ1) is 14.7. The van der Waals surface area contributed by atoms with Crippen LogP contribution in [-0.2, 0) is 18.4 Å². The molecule has 2 aromatic heterocycles. The molecule has 2 rings (SSSR count). The Morgan fingerprint density at radius 2 is 2.29 bits per heavy atom. The van der Waals surface area contributed by atoms with E-state index in [0.29, 0.717) is 13.0 Å². The molecule has 0 spiro atoms. The van der Waals surface area contributed by atoms with Gasteiger partial charge in [0.25, 0.3) is 0 Å². The Bertz CT molecular complexity index is 647. The number of hydrogen-bond donors (Lipinski definition) is 1.